The summed E-state index contributed by atoms with van der Waals surface area (Å²) in [6.07, 6.45) is 0. The number of rotatable bonds is 4. The number of hydrogen-bond donors (Lipinski definition) is 0. The predicted octanol–water partition coefficient (Wildman–Crippen LogP) is 14.5. The molecule has 0 N–H and O–H groups in total. The molecule has 0 amide bonds. The number of furan rings is 2. The molecule has 2 heteroatoms. The summed E-state index contributed by atoms with van der Waals surface area (Å²) < 4.78 is 49.1. The topological polar surface area (TPSA) is 26.3 Å². The Balaban J connectivity index is 1.21. The van der Waals surface area contributed by atoms with Crippen molar-refractivity contribution < 1.29 is 14.3 Å². The molecule has 2 nitrogen and oxygen atoms in total. The van der Waals surface area contributed by atoms with Crippen LogP contribution in [0.25, 0.3) is 110 Å². The summed E-state index contributed by atoms with van der Waals surface area (Å²) in [5, 5.41) is 6.96. The van der Waals surface area contributed by atoms with E-state index in [1.807, 2.05) is 78.9 Å². The van der Waals surface area contributed by atoms with Crippen LogP contribution in [0.4, 0.5) is 0 Å². The molecule has 0 atom stereocenters. The summed E-state index contributed by atoms with van der Waals surface area (Å²) in [7, 11) is 0. The van der Waals surface area contributed by atoms with Crippen LogP contribution in [0.1, 0.15) is 5.48 Å². The average molecular weight is 667 g/mol. The first-order valence-electron chi connectivity index (χ1n) is 19.4. The van der Waals surface area contributed by atoms with Crippen molar-refractivity contribution in [2.45, 2.75) is 0 Å². The molecule has 0 bridgehead atoms. The zero-order chi connectivity index (χ0) is 37.7. The third kappa shape index (κ3) is 4.31. The minimum absolute atomic E-state index is 0.0649. The number of fused-ring (bicyclic) bond motifs is 8. The van der Waals surface area contributed by atoms with Crippen LogP contribution in [0.3, 0.4) is 0 Å². The van der Waals surface area contributed by atoms with Crippen LogP contribution in [-0.2, 0) is 0 Å². The first-order valence-corrected chi connectivity index (χ1v) is 17.4. The fraction of sp³-hybridized carbons (Fsp3) is 0. The summed E-state index contributed by atoms with van der Waals surface area (Å²) in [5.41, 5.74) is 10.5. The zero-order valence-electron chi connectivity index (χ0n) is 31.8. The molecule has 0 spiro atoms. The maximum Gasteiger partial charge on any atom is 0.143 e. The summed E-state index contributed by atoms with van der Waals surface area (Å²) in [5.74, 6) is 0. The molecule has 0 aliphatic heterocycles. The van der Waals surface area contributed by atoms with Crippen molar-refractivity contribution in [1.29, 1.82) is 0 Å². The van der Waals surface area contributed by atoms with Crippen molar-refractivity contribution in [3.05, 3.63) is 182 Å². The maximum atomic E-state index is 9.40. The van der Waals surface area contributed by atoms with Gasteiger partial charge >= 0.3 is 0 Å². The molecule has 9 aromatic carbocycles. The Bertz CT molecular complexity index is 3400. The number of para-hydroxylation sites is 3. The lowest BCUT2D eigenvalue weighted by Crippen LogP contribution is -1.92. The quantitative estimate of drug-likeness (QED) is 0.175. The molecule has 2 aromatic heterocycles. The molecular formula is C50H30O2. The average Bonchev–Trinajstić information content (AvgIpc) is 3.83. The molecule has 52 heavy (non-hydrogen) atoms. The first-order chi connectivity index (χ1) is 27.5. The molecule has 0 saturated heterocycles. The van der Waals surface area contributed by atoms with Gasteiger partial charge in [-0.3, -0.25) is 0 Å². The predicted molar refractivity (Wildman–Crippen MR) is 218 cm³/mol. The Labute approximate surface area is 305 Å². The van der Waals surface area contributed by atoms with Crippen molar-refractivity contribution >= 4 is 65.4 Å². The molecule has 0 saturated carbocycles. The van der Waals surface area contributed by atoms with E-state index in [2.05, 4.69) is 78.9 Å². The van der Waals surface area contributed by atoms with Gasteiger partial charge in [-0.1, -0.05) is 158 Å². The standard InChI is InChI=1S/C50H30O2/c1-2-12-32(13-3-1)48-39-16-5-4-15-38(39)47(33-26-24-31(25-27-33)36-19-10-20-41-37-14-6-8-21-44(37)52-50(36)41)40-29-28-34(30-43(40)48)35-18-11-23-46-49(35)42-17-7-9-22-45(42)51-46/h1-30H/i4D,5D,15D,16D. The van der Waals surface area contributed by atoms with Crippen molar-refractivity contribution in [2.24, 2.45) is 0 Å². The molecule has 0 radical (unpaired) electrons. The number of hydrogen-bond acceptors (Lipinski definition) is 2. The molecular weight excluding hydrogens is 633 g/mol. The van der Waals surface area contributed by atoms with Gasteiger partial charge in [0.05, 0.1) is 5.48 Å². The minimum Gasteiger partial charge on any atom is -0.456 e. The highest BCUT2D eigenvalue weighted by atomic mass is 16.3. The summed E-state index contributed by atoms with van der Waals surface area (Å²) >= 11 is 0. The molecule has 242 valence electrons. The van der Waals surface area contributed by atoms with Crippen LogP contribution >= 0.6 is 0 Å². The van der Waals surface area contributed by atoms with Gasteiger partial charge in [0.1, 0.15) is 22.3 Å². The summed E-state index contributed by atoms with van der Waals surface area (Å²) in [6, 6.07) is 52.4. The fourth-order valence-corrected chi connectivity index (χ4v) is 8.10. The Morgan fingerprint density at radius 3 is 1.73 bits per heavy atom. The Kier molecular flexibility index (Phi) is 5.46. The zero-order valence-corrected chi connectivity index (χ0v) is 27.8. The highest BCUT2D eigenvalue weighted by Gasteiger charge is 2.20. The van der Waals surface area contributed by atoms with E-state index >= 15 is 0 Å². The minimum atomic E-state index is -0.259. The van der Waals surface area contributed by atoms with Crippen molar-refractivity contribution in [3.63, 3.8) is 0 Å². The van der Waals surface area contributed by atoms with E-state index < -0.39 is 0 Å². The van der Waals surface area contributed by atoms with Gasteiger partial charge in [-0.05, 0) is 84.8 Å². The normalized spacial score (nSPS) is 12.9. The van der Waals surface area contributed by atoms with Crippen LogP contribution in [0.15, 0.2) is 191 Å². The molecule has 0 unspecified atom stereocenters. The van der Waals surface area contributed by atoms with Crippen LogP contribution < -0.4 is 0 Å². The fourth-order valence-electron chi connectivity index (χ4n) is 8.10. The van der Waals surface area contributed by atoms with Crippen molar-refractivity contribution in [2.75, 3.05) is 0 Å². The molecule has 0 aliphatic carbocycles. The third-order valence-corrected chi connectivity index (χ3v) is 10.4. The van der Waals surface area contributed by atoms with Crippen molar-refractivity contribution in [1.82, 2.24) is 0 Å². The number of benzene rings is 9. The molecule has 11 rings (SSSR count). The first kappa shape index (κ1) is 25.1. The largest absolute Gasteiger partial charge is 0.456 e. The van der Waals surface area contributed by atoms with Gasteiger partial charge in [-0.2, -0.15) is 0 Å². The van der Waals surface area contributed by atoms with Crippen LogP contribution in [-0.4, -0.2) is 0 Å². The maximum absolute atomic E-state index is 9.40. The van der Waals surface area contributed by atoms with Gasteiger partial charge in [0.2, 0.25) is 0 Å². The van der Waals surface area contributed by atoms with Gasteiger partial charge < -0.3 is 8.83 Å². The molecule has 2 heterocycles. The van der Waals surface area contributed by atoms with E-state index in [1.54, 1.807) is 0 Å². The van der Waals surface area contributed by atoms with Crippen molar-refractivity contribution in [3.8, 4) is 44.5 Å². The van der Waals surface area contributed by atoms with E-state index in [0.717, 1.165) is 99.2 Å². The highest BCUT2D eigenvalue weighted by molar-refractivity contribution is 6.23. The lowest BCUT2D eigenvalue weighted by molar-refractivity contribution is 0.669. The monoisotopic (exact) mass is 666 g/mol. The second-order valence-electron chi connectivity index (χ2n) is 13.3. The molecule has 0 fully saturated rings. The summed E-state index contributed by atoms with van der Waals surface area (Å²) in [6.45, 7) is 0. The van der Waals surface area contributed by atoms with Crippen LogP contribution in [0.2, 0.25) is 0 Å². The van der Waals surface area contributed by atoms with E-state index in [1.165, 1.54) is 0 Å². The lowest BCUT2D eigenvalue weighted by atomic mass is 9.84. The van der Waals surface area contributed by atoms with Gasteiger partial charge in [0.25, 0.3) is 0 Å². The third-order valence-electron chi connectivity index (χ3n) is 10.4. The lowest BCUT2D eigenvalue weighted by Gasteiger charge is -2.19. The van der Waals surface area contributed by atoms with Gasteiger partial charge in [0, 0.05) is 27.1 Å². The SMILES string of the molecule is [2H]c1c([2H])c([2H])c2c(-c3ccccc3)c3cc(-c4cccc5oc6ccccc6c45)ccc3c(-c3ccc(-c4cccc5c4oc4ccccc45)cc3)c2c1[2H]. The summed E-state index contributed by atoms with van der Waals surface area (Å²) in [4.78, 5) is 0. The van der Waals surface area contributed by atoms with E-state index in [9.17, 15) is 2.74 Å². The van der Waals surface area contributed by atoms with E-state index in [4.69, 9.17) is 11.6 Å². The highest BCUT2D eigenvalue weighted by Crippen LogP contribution is 2.46. The van der Waals surface area contributed by atoms with Crippen LogP contribution in [0, 0.1) is 0 Å². The van der Waals surface area contributed by atoms with Crippen LogP contribution in [0.5, 0.6) is 0 Å². The second kappa shape index (κ2) is 11.3. The van der Waals surface area contributed by atoms with E-state index in [-0.39, 0.29) is 24.2 Å². The smallest absolute Gasteiger partial charge is 0.143 e. The van der Waals surface area contributed by atoms with Gasteiger partial charge in [-0.15, -0.1) is 0 Å². The van der Waals surface area contributed by atoms with Gasteiger partial charge in [-0.25, -0.2) is 0 Å². The Morgan fingerprint density at radius 2 is 0.923 bits per heavy atom. The molecule has 11 aromatic rings. The Morgan fingerprint density at radius 1 is 0.346 bits per heavy atom. The Hall–Kier alpha value is -6.90. The van der Waals surface area contributed by atoms with Gasteiger partial charge in [0.15, 0.2) is 0 Å². The second-order valence-corrected chi connectivity index (χ2v) is 13.3. The molecule has 0 aliphatic rings. The van der Waals surface area contributed by atoms with E-state index in [0.29, 0.717) is 10.8 Å².